The van der Waals surface area contributed by atoms with Gasteiger partial charge in [0.1, 0.15) is 6.33 Å². The van der Waals surface area contributed by atoms with E-state index >= 15 is 0 Å². The Morgan fingerprint density at radius 3 is 2.71 bits per heavy atom. The van der Waals surface area contributed by atoms with Crippen LogP contribution in [0.3, 0.4) is 0 Å². The molecule has 10 heteroatoms. The van der Waals surface area contributed by atoms with Gasteiger partial charge in [0.25, 0.3) is 0 Å². The molecular weight excluding hydrogens is 362 g/mol. The summed E-state index contributed by atoms with van der Waals surface area (Å²) in [5.41, 5.74) is 2.02. The summed E-state index contributed by atoms with van der Waals surface area (Å²) in [7, 11) is 3.13. The van der Waals surface area contributed by atoms with E-state index in [1.165, 1.54) is 6.33 Å². The number of aromatic nitrogens is 5. The fraction of sp³-hybridized carbons (Fsp3) is 0.389. The van der Waals surface area contributed by atoms with E-state index in [2.05, 4.69) is 25.6 Å². The Labute approximate surface area is 161 Å². The van der Waals surface area contributed by atoms with Crippen LogP contribution >= 0.6 is 0 Å². The number of hydrogen-bond donors (Lipinski definition) is 1. The summed E-state index contributed by atoms with van der Waals surface area (Å²) in [6.07, 6.45) is 1.50. The number of benzene rings is 1. The van der Waals surface area contributed by atoms with Crippen LogP contribution < -0.4 is 19.7 Å². The Balaban J connectivity index is 1.43. The summed E-state index contributed by atoms with van der Waals surface area (Å²) < 4.78 is 12.2. The van der Waals surface area contributed by atoms with Crippen molar-refractivity contribution in [2.75, 3.05) is 37.5 Å². The van der Waals surface area contributed by atoms with Crippen LogP contribution in [0.2, 0.25) is 0 Å². The van der Waals surface area contributed by atoms with Gasteiger partial charge in [-0.25, -0.2) is 14.6 Å². The molecule has 0 aliphatic carbocycles. The largest absolute Gasteiger partial charge is 0.493 e. The van der Waals surface area contributed by atoms with Gasteiger partial charge >= 0.3 is 0 Å². The third-order valence-corrected chi connectivity index (χ3v) is 4.78. The van der Waals surface area contributed by atoms with E-state index in [1.807, 2.05) is 11.8 Å². The maximum atomic E-state index is 12.6. The van der Waals surface area contributed by atoms with Crippen molar-refractivity contribution >= 4 is 28.6 Å². The lowest BCUT2D eigenvalue weighted by atomic mass is 9.99. The molecule has 4 rings (SSSR count). The van der Waals surface area contributed by atoms with Gasteiger partial charge in [0.15, 0.2) is 28.5 Å². The number of nitrogens with one attached hydrogen (secondary N) is 1. The highest BCUT2D eigenvalue weighted by atomic mass is 16.5. The average Bonchev–Trinajstić information content (AvgIpc) is 3.10. The van der Waals surface area contributed by atoms with Crippen molar-refractivity contribution in [2.45, 2.75) is 13.5 Å². The second kappa shape index (κ2) is 7.29. The Kier molecular flexibility index (Phi) is 4.68. The van der Waals surface area contributed by atoms with Crippen molar-refractivity contribution in [1.29, 1.82) is 0 Å². The number of hydrogen-bond acceptors (Lipinski definition) is 8. The zero-order valence-corrected chi connectivity index (χ0v) is 15.9. The summed E-state index contributed by atoms with van der Waals surface area (Å²) in [5.74, 6) is 1.70. The molecule has 28 heavy (non-hydrogen) atoms. The maximum absolute atomic E-state index is 12.6. The molecular formula is C18H21N7O3. The predicted octanol–water partition coefficient (Wildman–Crippen LogP) is 1.33. The number of anilines is 2. The van der Waals surface area contributed by atoms with Crippen LogP contribution in [-0.4, -0.2) is 58.2 Å². The summed E-state index contributed by atoms with van der Waals surface area (Å²) in [6.45, 7) is 3.78. The topological polar surface area (TPSA) is 107 Å². The fourth-order valence-electron chi connectivity index (χ4n) is 3.20. The van der Waals surface area contributed by atoms with Gasteiger partial charge in [-0.2, -0.15) is 0 Å². The minimum absolute atomic E-state index is 0.0500. The second-order valence-electron chi connectivity index (χ2n) is 6.44. The number of methoxy groups -OCH3 is 2. The maximum Gasteiger partial charge on any atom is 0.231 e. The minimum atomic E-state index is -0.140. The van der Waals surface area contributed by atoms with E-state index in [1.54, 1.807) is 37.1 Å². The second-order valence-corrected chi connectivity index (χ2v) is 6.44. The highest BCUT2D eigenvalue weighted by Gasteiger charge is 2.35. The first kappa shape index (κ1) is 18.0. The summed E-state index contributed by atoms with van der Waals surface area (Å²) in [5, 5.41) is 11.2. The van der Waals surface area contributed by atoms with Gasteiger partial charge in [-0.3, -0.25) is 4.79 Å². The van der Waals surface area contributed by atoms with Crippen LogP contribution in [0.25, 0.3) is 11.2 Å². The number of ether oxygens (including phenoxy) is 2. The Bertz CT molecular complexity index is 1010. The fourth-order valence-corrected chi connectivity index (χ4v) is 3.20. The van der Waals surface area contributed by atoms with Gasteiger partial charge in [0.2, 0.25) is 5.91 Å². The SMILES string of the molecule is CCn1nnc2c(N3CC(C(=O)Nc4ccc(OC)c(OC)c4)C3)ncnc21. The number of fused-ring (bicyclic) bond motifs is 1. The third kappa shape index (κ3) is 3.06. The zero-order valence-electron chi connectivity index (χ0n) is 15.9. The molecule has 0 unspecified atom stereocenters. The molecule has 0 saturated carbocycles. The van der Waals surface area contributed by atoms with Crippen LogP contribution in [0.1, 0.15) is 6.92 Å². The molecule has 1 amide bonds. The quantitative estimate of drug-likeness (QED) is 0.679. The monoisotopic (exact) mass is 383 g/mol. The molecule has 3 heterocycles. The highest BCUT2D eigenvalue weighted by Crippen LogP contribution is 2.31. The van der Waals surface area contributed by atoms with E-state index in [0.29, 0.717) is 53.8 Å². The first-order valence-corrected chi connectivity index (χ1v) is 8.96. The first-order chi connectivity index (χ1) is 13.6. The molecule has 10 nitrogen and oxygen atoms in total. The molecule has 1 aliphatic heterocycles. The molecule has 0 bridgehead atoms. The van der Waals surface area contributed by atoms with Gasteiger partial charge in [0.05, 0.1) is 20.1 Å². The molecule has 1 aromatic carbocycles. The Morgan fingerprint density at radius 1 is 1.21 bits per heavy atom. The third-order valence-electron chi connectivity index (χ3n) is 4.78. The van der Waals surface area contributed by atoms with E-state index in [0.717, 1.165) is 0 Å². The molecule has 3 aromatic rings. The van der Waals surface area contributed by atoms with E-state index < -0.39 is 0 Å². The molecule has 1 saturated heterocycles. The average molecular weight is 383 g/mol. The normalized spacial score (nSPS) is 14.0. The van der Waals surface area contributed by atoms with Crippen molar-refractivity contribution in [3.8, 4) is 11.5 Å². The number of nitrogens with zero attached hydrogens (tertiary/aromatic N) is 6. The lowest BCUT2D eigenvalue weighted by Crippen LogP contribution is -2.52. The van der Waals surface area contributed by atoms with Gasteiger partial charge in [-0.15, -0.1) is 5.10 Å². The van der Waals surface area contributed by atoms with E-state index in [4.69, 9.17) is 9.47 Å². The van der Waals surface area contributed by atoms with Gasteiger partial charge < -0.3 is 19.7 Å². The summed E-state index contributed by atoms with van der Waals surface area (Å²) in [4.78, 5) is 23.2. The summed E-state index contributed by atoms with van der Waals surface area (Å²) >= 11 is 0. The van der Waals surface area contributed by atoms with Gasteiger partial charge in [0, 0.05) is 31.4 Å². The van der Waals surface area contributed by atoms with Crippen molar-refractivity contribution in [2.24, 2.45) is 5.92 Å². The smallest absolute Gasteiger partial charge is 0.231 e. The molecule has 1 aliphatic rings. The number of aryl methyl sites for hydroxylation is 1. The Hall–Kier alpha value is -3.43. The van der Waals surface area contributed by atoms with E-state index in [9.17, 15) is 4.79 Å². The lowest BCUT2D eigenvalue weighted by molar-refractivity contribution is -0.120. The predicted molar refractivity (Wildman–Crippen MR) is 103 cm³/mol. The Morgan fingerprint density at radius 2 is 2.00 bits per heavy atom. The van der Waals surface area contributed by atoms with Crippen LogP contribution in [0, 0.1) is 5.92 Å². The standard InChI is InChI=1S/C18H21N7O3/c1-4-25-17-15(22-23-25)16(19-10-20-17)24-8-11(9-24)18(26)21-12-5-6-13(27-2)14(7-12)28-3/h5-7,10-11H,4,8-9H2,1-3H3,(H,21,26). The minimum Gasteiger partial charge on any atom is -0.493 e. The molecule has 1 fully saturated rings. The lowest BCUT2D eigenvalue weighted by Gasteiger charge is -2.38. The van der Waals surface area contributed by atoms with Gasteiger partial charge in [-0.1, -0.05) is 5.21 Å². The van der Waals surface area contributed by atoms with Crippen LogP contribution in [0.15, 0.2) is 24.5 Å². The van der Waals surface area contributed by atoms with Crippen molar-refractivity contribution in [3.05, 3.63) is 24.5 Å². The van der Waals surface area contributed by atoms with Crippen molar-refractivity contribution in [3.63, 3.8) is 0 Å². The molecule has 0 radical (unpaired) electrons. The van der Waals surface area contributed by atoms with E-state index in [-0.39, 0.29) is 11.8 Å². The molecule has 2 aromatic heterocycles. The van der Waals surface area contributed by atoms with Crippen LogP contribution in [0.5, 0.6) is 11.5 Å². The van der Waals surface area contributed by atoms with Crippen molar-refractivity contribution in [1.82, 2.24) is 25.0 Å². The number of carbonyl (C=O) groups is 1. The van der Waals surface area contributed by atoms with Gasteiger partial charge in [-0.05, 0) is 19.1 Å². The molecule has 1 N–H and O–H groups in total. The summed E-state index contributed by atoms with van der Waals surface area (Å²) in [6, 6.07) is 5.28. The highest BCUT2D eigenvalue weighted by molar-refractivity contribution is 5.95. The molecule has 0 atom stereocenters. The number of amides is 1. The molecule has 0 spiro atoms. The molecule has 146 valence electrons. The van der Waals surface area contributed by atoms with Crippen LogP contribution in [0.4, 0.5) is 11.5 Å². The van der Waals surface area contributed by atoms with Crippen molar-refractivity contribution < 1.29 is 14.3 Å². The zero-order chi connectivity index (χ0) is 19.7. The van der Waals surface area contributed by atoms with Crippen LogP contribution in [-0.2, 0) is 11.3 Å². The first-order valence-electron chi connectivity index (χ1n) is 8.96. The number of carbonyl (C=O) groups excluding carboxylic acids is 1. The number of rotatable bonds is 6.